The predicted octanol–water partition coefficient (Wildman–Crippen LogP) is 3.88. The van der Waals surface area contributed by atoms with Gasteiger partial charge in [-0.15, -0.1) is 0 Å². The Morgan fingerprint density at radius 3 is 2.70 bits per heavy atom. The van der Waals surface area contributed by atoms with E-state index >= 15 is 0 Å². The smallest absolute Gasteiger partial charge is 0.337 e. The molecule has 1 heterocycles. The summed E-state index contributed by atoms with van der Waals surface area (Å²) in [5, 5.41) is 9.38. The molecule has 20 heavy (non-hydrogen) atoms. The number of carboxylic acid groups (broad SMARTS) is 1. The highest BCUT2D eigenvalue weighted by atomic mass is 16.4. The summed E-state index contributed by atoms with van der Waals surface area (Å²) in [5.41, 5.74) is 1.93. The third-order valence-electron chi connectivity index (χ3n) is 3.54. The third-order valence-corrected chi connectivity index (χ3v) is 3.54. The number of rotatable bonds is 7. The van der Waals surface area contributed by atoms with Crippen molar-refractivity contribution in [1.82, 2.24) is 9.55 Å². The first-order valence-electron chi connectivity index (χ1n) is 7.40. The molecule has 0 saturated carbocycles. The number of carbonyl (C=O) groups is 1. The van der Waals surface area contributed by atoms with Crippen LogP contribution in [-0.4, -0.2) is 20.6 Å². The lowest BCUT2D eigenvalue weighted by molar-refractivity contribution is 0.0698. The zero-order valence-electron chi connectivity index (χ0n) is 12.2. The van der Waals surface area contributed by atoms with Gasteiger partial charge in [0, 0.05) is 13.0 Å². The minimum Gasteiger partial charge on any atom is -0.478 e. The molecule has 0 aliphatic carbocycles. The molecule has 2 rings (SSSR count). The Kier molecular flexibility index (Phi) is 4.77. The van der Waals surface area contributed by atoms with Gasteiger partial charge in [0.2, 0.25) is 0 Å². The maximum Gasteiger partial charge on any atom is 0.337 e. The normalized spacial score (nSPS) is 11.1. The Bertz CT molecular complexity index is 602. The van der Waals surface area contributed by atoms with Gasteiger partial charge in [0.15, 0.2) is 0 Å². The standard InChI is InChI=1S/C16H22N2O2/c1-3-5-6-11-18-14(8-4-2)17-13-10-7-9-12(15(13)18)16(19)20/h7,9-10H,3-6,8,11H2,1-2H3,(H,19,20). The molecule has 1 aromatic carbocycles. The second-order valence-electron chi connectivity index (χ2n) is 5.12. The van der Waals surface area contributed by atoms with Gasteiger partial charge >= 0.3 is 5.97 Å². The second kappa shape index (κ2) is 6.55. The largest absolute Gasteiger partial charge is 0.478 e. The number of para-hydroxylation sites is 1. The van der Waals surface area contributed by atoms with Gasteiger partial charge in [-0.2, -0.15) is 0 Å². The Morgan fingerprint density at radius 1 is 1.25 bits per heavy atom. The molecular weight excluding hydrogens is 252 g/mol. The molecule has 0 atom stereocenters. The summed E-state index contributed by atoms with van der Waals surface area (Å²) < 4.78 is 2.11. The van der Waals surface area contributed by atoms with E-state index in [1.807, 2.05) is 6.07 Å². The molecule has 0 fully saturated rings. The van der Waals surface area contributed by atoms with Crippen LogP contribution in [-0.2, 0) is 13.0 Å². The highest BCUT2D eigenvalue weighted by molar-refractivity contribution is 6.01. The Balaban J connectivity index is 2.52. The molecular formula is C16H22N2O2. The molecule has 0 spiro atoms. The Hall–Kier alpha value is -1.84. The van der Waals surface area contributed by atoms with Crippen LogP contribution in [0.1, 0.15) is 55.7 Å². The monoisotopic (exact) mass is 274 g/mol. The van der Waals surface area contributed by atoms with Gasteiger partial charge < -0.3 is 9.67 Å². The fourth-order valence-electron chi connectivity index (χ4n) is 2.58. The van der Waals surface area contributed by atoms with Crippen molar-refractivity contribution in [3.8, 4) is 0 Å². The van der Waals surface area contributed by atoms with Crippen molar-refractivity contribution in [1.29, 1.82) is 0 Å². The van der Waals surface area contributed by atoms with Crippen LogP contribution < -0.4 is 0 Å². The maximum absolute atomic E-state index is 11.4. The topological polar surface area (TPSA) is 55.1 Å². The van der Waals surface area contributed by atoms with E-state index in [1.165, 1.54) is 0 Å². The zero-order chi connectivity index (χ0) is 14.5. The number of fused-ring (bicyclic) bond motifs is 1. The van der Waals surface area contributed by atoms with Crippen LogP contribution in [0.25, 0.3) is 11.0 Å². The van der Waals surface area contributed by atoms with Crippen molar-refractivity contribution < 1.29 is 9.90 Å². The van der Waals surface area contributed by atoms with Crippen LogP contribution in [0.5, 0.6) is 0 Å². The first-order chi connectivity index (χ1) is 9.69. The van der Waals surface area contributed by atoms with Crippen molar-refractivity contribution in [2.24, 2.45) is 0 Å². The third kappa shape index (κ3) is 2.84. The molecule has 0 bridgehead atoms. The number of hydrogen-bond acceptors (Lipinski definition) is 2. The molecule has 2 aromatic rings. The number of nitrogens with zero attached hydrogens (tertiary/aromatic N) is 2. The molecule has 0 saturated heterocycles. The zero-order valence-corrected chi connectivity index (χ0v) is 12.2. The molecule has 0 aliphatic heterocycles. The summed E-state index contributed by atoms with van der Waals surface area (Å²) in [6.07, 6.45) is 5.27. The van der Waals surface area contributed by atoms with Crippen molar-refractivity contribution in [2.75, 3.05) is 0 Å². The minimum atomic E-state index is -0.879. The first kappa shape index (κ1) is 14.6. The summed E-state index contributed by atoms with van der Waals surface area (Å²) >= 11 is 0. The van der Waals surface area contributed by atoms with Gasteiger partial charge in [0.05, 0.1) is 16.6 Å². The summed E-state index contributed by atoms with van der Waals surface area (Å²) in [4.78, 5) is 16.0. The van der Waals surface area contributed by atoms with Gasteiger partial charge in [-0.25, -0.2) is 9.78 Å². The summed E-state index contributed by atoms with van der Waals surface area (Å²) in [6, 6.07) is 5.33. The van der Waals surface area contributed by atoms with Gasteiger partial charge in [0.1, 0.15) is 5.82 Å². The number of aromatic nitrogens is 2. The van der Waals surface area contributed by atoms with Crippen molar-refractivity contribution in [3.63, 3.8) is 0 Å². The highest BCUT2D eigenvalue weighted by Gasteiger charge is 2.16. The summed E-state index contributed by atoms with van der Waals surface area (Å²) in [7, 11) is 0. The summed E-state index contributed by atoms with van der Waals surface area (Å²) in [5.74, 6) is 0.127. The van der Waals surface area contributed by atoms with Crippen molar-refractivity contribution in [2.45, 2.75) is 52.5 Å². The molecule has 1 N–H and O–H groups in total. The van der Waals surface area contributed by atoms with E-state index in [2.05, 4.69) is 23.4 Å². The molecule has 0 unspecified atom stereocenters. The van der Waals surface area contributed by atoms with E-state index in [4.69, 9.17) is 0 Å². The molecule has 4 heteroatoms. The average Bonchev–Trinajstić information content (AvgIpc) is 2.77. The van der Waals surface area contributed by atoms with Crippen molar-refractivity contribution >= 4 is 17.0 Å². The van der Waals surface area contributed by atoms with Crippen LogP contribution in [0.2, 0.25) is 0 Å². The maximum atomic E-state index is 11.4. The number of benzene rings is 1. The van der Waals surface area contributed by atoms with E-state index in [-0.39, 0.29) is 0 Å². The Labute approximate surface area is 119 Å². The van der Waals surface area contributed by atoms with Gasteiger partial charge in [-0.1, -0.05) is 32.8 Å². The molecule has 108 valence electrons. The van der Waals surface area contributed by atoms with Crippen LogP contribution in [0.4, 0.5) is 0 Å². The van der Waals surface area contributed by atoms with E-state index in [0.717, 1.165) is 55.5 Å². The van der Waals surface area contributed by atoms with Crippen LogP contribution in [0.3, 0.4) is 0 Å². The van der Waals surface area contributed by atoms with E-state index < -0.39 is 5.97 Å². The highest BCUT2D eigenvalue weighted by Crippen LogP contribution is 2.22. The predicted molar refractivity (Wildman–Crippen MR) is 80.2 cm³/mol. The number of aryl methyl sites for hydroxylation is 2. The fraction of sp³-hybridized carbons (Fsp3) is 0.500. The lowest BCUT2D eigenvalue weighted by atomic mass is 10.1. The number of hydrogen-bond donors (Lipinski definition) is 1. The van der Waals surface area contributed by atoms with Crippen LogP contribution >= 0.6 is 0 Å². The van der Waals surface area contributed by atoms with Gasteiger partial charge in [-0.05, 0) is 25.0 Å². The SMILES string of the molecule is CCCCCn1c(CCC)nc2cccc(C(=O)O)c21. The lowest BCUT2D eigenvalue weighted by Crippen LogP contribution is -2.07. The van der Waals surface area contributed by atoms with Gasteiger partial charge in [-0.3, -0.25) is 0 Å². The fourth-order valence-corrected chi connectivity index (χ4v) is 2.58. The quantitative estimate of drug-likeness (QED) is 0.780. The summed E-state index contributed by atoms with van der Waals surface area (Å²) in [6.45, 7) is 5.14. The number of unbranched alkanes of at least 4 members (excludes halogenated alkanes) is 2. The van der Waals surface area contributed by atoms with E-state index in [1.54, 1.807) is 12.1 Å². The average molecular weight is 274 g/mol. The first-order valence-corrected chi connectivity index (χ1v) is 7.40. The van der Waals surface area contributed by atoms with Crippen molar-refractivity contribution in [3.05, 3.63) is 29.6 Å². The van der Waals surface area contributed by atoms with E-state index in [9.17, 15) is 9.90 Å². The molecule has 1 aromatic heterocycles. The molecule has 0 amide bonds. The Morgan fingerprint density at radius 2 is 2.05 bits per heavy atom. The number of aromatic carboxylic acids is 1. The number of carboxylic acids is 1. The van der Waals surface area contributed by atoms with Crippen LogP contribution in [0, 0.1) is 0 Å². The minimum absolute atomic E-state index is 0.355. The van der Waals surface area contributed by atoms with E-state index in [0.29, 0.717) is 5.56 Å². The second-order valence-corrected chi connectivity index (χ2v) is 5.12. The van der Waals surface area contributed by atoms with Gasteiger partial charge in [0.25, 0.3) is 0 Å². The molecule has 4 nitrogen and oxygen atoms in total. The molecule has 0 radical (unpaired) electrons. The molecule has 0 aliphatic rings. The number of imidazole rings is 1. The lowest BCUT2D eigenvalue weighted by Gasteiger charge is -2.09. The van der Waals surface area contributed by atoms with Crippen LogP contribution in [0.15, 0.2) is 18.2 Å².